The van der Waals surface area contributed by atoms with E-state index >= 15 is 0 Å². The second-order valence-electron chi connectivity index (χ2n) is 14.3. The maximum atomic E-state index is 2.40. The van der Waals surface area contributed by atoms with Crippen molar-refractivity contribution in [2.45, 2.75) is 26.2 Å². The van der Waals surface area contributed by atoms with Crippen LogP contribution in [0.1, 0.15) is 26.3 Å². The van der Waals surface area contributed by atoms with Crippen LogP contribution in [0.3, 0.4) is 0 Å². The van der Waals surface area contributed by atoms with Crippen LogP contribution in [0.15, 0.2) is 182 Å². The minimum absolute atomic E-state index is 0.0390. The Labute approximate surface area is 319 Å². The van der Waals surface area contributed by atoms with Crippen LogP contribution in [0, 0.1) is 0 Å². The van der Waals surface area contributed by atoms with Gasteiger partial charge in [-0.05, 0) is 114 Å². The van der Waals surface area contributed by atoms with E-state index in [9.17, 15) is 0 Å². The van der Waals surface area contributed by atoms with E-state index in [0.29, 0.717) is 0 Å². The molecule has 0 atom stereocenters. The molecule has 3 nitrogen and oxygen atoms in total. The van der Waals surface area contributed by atoms with E-state index in [4.69, 9.17) is 0 Å². The maximum Gasteiger partial charge on any atom is 0.101 e. The molecule has 3 aromatic heterocycles. The van der Waals surface area contributed by atoms with Crippen LogP contribution in [-0.2, 0) is 5.41 Å². The van der Waals surface area contributed by atoms with Crippen LogP contribution in [0.25, 0.3) is 37.2 Å². The smallest absolute Gasteiger partial charge is 0.101 e. The summed E-state index contributed by atoms with van der Waals surface area (Å²) in [6.07, 6.45) is 0. The van der Waals surface area contributed by atoms with Crippen LogP contribution in [0.2, 0.25) is 0 Å². The van der Waals surface area contributed by atoms with Crippen LogP contribution >= 0.6 is 22.7 Å². The molecule has 9 rings (SSSR count). The van der Waals surface area contributed by atoms with E-state index in [1.807, 2.05) is 22.7 Å². The fraction of sp³-hybridized carbons (Fsp3) is 0.0833. The molecule has 0 aliphatic carbocycles. The van der Waals surface area contributed by atoms with E-state index in [-0.39, 0.29) is 5.41 Å². The summed E-state index contributed by atoms with van der Waals surface area (Å²) in [5, 5.41) is 4.87. The van der Waals surface area contributed by atoms with Crippen molar-refractivity contribution in [2.24, 2.45) is 0 Å². The third-order valence-corrected chi connectivity index (χ3v) is 12.1. The quantitative estimate of drug-likeness (QED) is 0.155. The molecule has 0 unspecified atom stereocenters. The van der Waals surface area contributed by atoms with E-state index in [0.717, 1.165) is 22.7 Å². The van der Waals surface area contributed by atoms with Crippen LogP contribution < -0.4 is 9.80 Å². The normalized spacial score (nSPS) is 11.7. The van der Waals surface area contributed by atoms with Crippen LogP contribution in [0.5, 0.6) is 0 Å². The first-order valence-corrected chi connectivity index (χ1v) is 19.7. The van der Waals surface area contributed by atoms with Crippen molar-refractivity contribution in [1.29, 1.82) is 0 Å². The number of nitrogens with zero attached hydrogens (tertiary/aromatic N) is 3. The fourth-order valence-electron chi connectivity index (χ4n) is 7.17. The molecule has 0 bridgehead atoms. The number of benzene rings is 6. The van der Waals surface area contributed by atoms with Crippen molar-refractivity contribution >= 4 is 77.2 Å². The summed E-state index contributed by atoms with van der Waals surface area (Å²) in [5.41, 5.74) is 9.52. The zero-order chi connectivity index (χ0) is 35.9. The molecule has 0 saturated heterocycles. The molecule has 0 N–H and O–H groups in total. The summed E-state index contributed by atoms with van der Waals surface area (Å²) in [6, 6.07) is 65.7. The first-order valence-electron chi connectivity index (χ1n) is 18.0. The predicted molar refractivity (Wildman–Crippen MR) is 230 cm³/mol. The molecule has 9 aromatic rings. The number of para-hydroxylation sites is 4. The fourth-order valence-corrected chi connectivity index (χ4v) is 9.36. The van der Waals surface area contributed by atoms with Gasteiger partial charge in [0.1, 0.15) is 10.0 Å². The lowest BCUT2D eigenvalue weighted by Crippen LogP contribution is -2.10. The van der Waals surface area contributed by atoms with E-state index in [2.05, 4.69) is 217 Å². The van der Waals surface area contributed by atoms with Crippen molar-refractivity contribution in [2.75, 3.05) is 9.80 Å². The molecule has 0 saturated carbocycles. The van der Waals surface area contributed by atoms with Crippen molar-refractivity contribution in [3.8, 4) is 15.4 Å². The lowest BCUT2D eigenvalue weighted by Gasteiger charge is -2.24. The number of hydrogen-bond acceptors (Lipinski definition) is 4. The van der Waals surface area contributed by atoms with Gasteiger partial charge >= 0.3 is 0 Å². The molecule has 0 fully saturated rings. The summed E-state index contributed by atoms with van der Waals surface area (Å²) in [5.74, 6) is 0. The van der Waals surface area contributed by atoms with Crippen molar-refractivity contribution in [3.63, 3.8) is 0 Å². The van der Waals surface area contributed by atoms with Crippen LogP contribution in [0.4, 0.5) is 32.8 Å². The SMILES string of the molecule is CC(C)(C)c1ccc2c(c1)c1cc(N(c3ccccc3)c3ccc(-c4ccc(N(c5ccccc5)c5ccccc5)s4)s3)ccc1n2-c1ccccc1. The van der Waals surface area contributed by atoms with Gasteiger partial charge in [0, 0.05) is 49.0 Å². The van der Waals surface area contributed by atoms with Crippen molar-refractivity contribution in [1.82, 2.24) is 4.57 Å². The van der Waals surface area contributed by atoms with Gasteiger partial charge in [-0.25, -0.2) is 0 Å². The van der Waals surface area contributed by atoms with E-state index in [1.165, 1.54) is 52.8 Å². The molecule has 6 aromatic carbocycles. The molecule has 258 valence electrons. The standard InChI is InChI=1S/C48H39N3S2/c1-48(2,3)34-24-26-42-40(32-34)41-33-39(25-27-43(41)51(42)38-22-14-7-15-23-38)50(37-20-12-6-13-21-37)47-31-29-45(53-47)44-28-30-46(52-44)49(35-16-8-4-9-17-35)36-18-10-5-11-19-36/h4-33H,1-3H3. The monoisotopic (exact) mass is 721 g/mol. The molecular formula is C48H39N3S2. The Hall–Kier alpha value is -5.88. The highest BCUT2D eigenvalue weighted by molar-refractivity contribution is 7.26. The van der Waals surface area contributed by atoms with Gasteiger partial charge in [-0.3, -0.25) is 0 Å². The molecule has 53 heavy (non-hydrogen) atoms. The predicted octanol–water partition coefficient (Wildman–Crippen LogP) is 14.8. The summed E-state index contributed by atoms with van der Waals surface area (Å²) in [4.78, 5) is 7.24. The summed E-state index contributed by atoms with van der Waals surface area (Å²) in [7, 11) is 0. The lowest BCUT2D eigenvalue weighted by atomic mass is 9.86. The Morgan fingerprint density at radius 1 is 0.415 bits per heavy atom. The van der Waals surface area contributed by atoms with Gasteiger partial charge in [0.2, 0.25) is 0 Å². The molecular weight excluding hydrogens is 683 g/mol. The number of thiophene rings is 2. The first-order chi connectivity index (χ1) is 25.9. The molecule has 0 aliphatic rings. The Morgan fingerprint density at radius 3 is 1.34 bits per heavy atom. The summed E-state index contributed by atoms with van der Waals surface area (Å²) < 4.78 is 2.40. The maximum absolute atomic E-state index is 2.40. The molecule has 3 heterocycles. The highest BCUT2D eigenvalue weighted by Crippen LogP contribution is 2.47. The third-order valence-electron chi connectivity index (χ3n) is 9.80. The van der Waals surface area contributed by atoms with E-state index < -0.39 is 0 Å². The molecule has 0 amide bonds. The number of anilines is 6. The van der Waals surface area contributed by atoms with Gasteiger partial charge in [-0.1, -0.05) is 99.6 Å². The minimum atomic E-state index is 0.0390. The van der Waals surface area contributed by atoms with Crippen LogP contribution in [-0.4, -0.2) is 4.57 Å². The van der Waals surface area contributed by atoms with Gasteiger partial charge in [-0.15, -0.1) is 22.7 Å². The molecule has 0 aliphatic heterocycles. The Morgan fingerprint density at radius 2 is 0.849 bits per heavy atom. The van der Waals surface area contributed by atoms with Gasteiger partial charge < -0.3 is 14.4 Å². The highest BCUT2D eigenvalue weighted by Gasteiger charge is 2.22. The number of fused-ring (bicyclic) bond motifs is 3. The number of rotatable bonds is 8. The summed E-state index contributed by atoms with van der Waals surface area (Å²) >= 11 is 3.65. The Balaban J connectivity index is 1.16. The average molecular weight is 722 g/mol. The molecule has 0 radical (unpaired) electrons. The Kier molecular flexibility index (Phi) is 8.46. The van der Waals surface area contributed by atoms with Gasteiger partial charge in [0.05, 0.1) is 11.0 Å². The summed E-state index contributed by atoms with van der Waals surface area (Å²) in [6.45, 7) is 6.87. The zero-order valence-electron chi connectivity index (χ0n) is 30.0. The van der Waals surface area contributed by atoms with Crippen molar-refractivity contribution in [3.05, 3.63) is 188 Å². The lowest BCUT2D eigenvalue weighted by molar-refractivity contribution is 0.591. The topological polar surface area (TPSA) is 11.4 Å². The highest BCUT2D eigenvalue weighted by atomic mass is 32.1. The minimum Gasteiger partial charge on any atom is -0.309 e. The second kappa shape index (κ2) is 13.6. The van der Waals surface area contributed by atoms with E-state index in [1.54, 1.807) is 0 Å². The van der Waals surface area contributed by atoms with Crippen molar-refractivity contribution < 1.29 is 0 Å². The van der Waals surface area contributed by atoms with Gasteiger partial charge in [0.25, 0.3) is 0 Å². The number of aromatic nitrogens is 1. The second-order valence-corrected chi connectivity index (χ2v) is 16.4. The molecule has 0 spiro atoms. The third kappa shape index (κ3) is 6.22. The van der Waals surface area contributed by atoms with Gasteiger partial charge in [-0.2, -0.15) is 0 Å². The molecule has 5 heteroatoms. The zero-order valence-corrected chi connectivity index (χ0v) is 31.6. The number of hydrogen-bond donors (Lipinski definition) is 0. The largest absolute Gasteiger partial charge is 0.309 e. The van der Waals surface area contributed by atoms with Gasteiger partial charge in [0.15, 0.2) is 0 Å². The average Bonchev–Trinajstić information content (AvgIpc) is 3.95. The Bertz CT molecular complexity index is 2610. The first kappa shape index (κ1) is 33.0.